The minimum atomic E-state index is -0.300. The molecule has 3 aliphatic rings. The smallest absolute Gasteiger partial charge is 0.261 e. The lowest BCUT2D eigenvalue weighted by Crippen LogP contribution is -2.43. The van der Waals surface area contributed by atoms with Crippen LogP contribution in [0.15, 0.2) is 36.4 Å². The number of rotatable bonds is 3. The van der Waals surface area contributed by atoms with Gasteiger partial charge in [-0.1, -0.05) is 32.9 Å². The number of carbonyl (C=O) groups is 4. The van der Waals surface area contributed by atoms with Crippen molar-refractivity contribution in [1.29, 1.82) is 0 Å². The molecule has 6 nitrogen and oxygen atoms in total. The van der Waals surface area contributed by atoms with E-state index in [-0.39, 0.29) is 41.1 Å². The molecule has 0 radical (unpaired) electrons. The second-order valence-corrected chi connectivity index (χ2v) is 11.4. The van der Waals surface area contributed by atoms with Gasteiger partial charge >= 0.3 is 0 Å². The fourth-order valence-electron chi connectivity index (χ4n) is 5.88. The molecule has 0 N–H and O–H groups in total. The number of imide groups is 2. The predicted octanol–water partition coefficient (Wildman–Crippen LogP) is 5.56. The molecule has 0 unspecified atom stereocenters. The van der Waals surface area contributed by atoms with Crippen LogP contribution in [0.1, 0.15) is 102 Å². The lowest BCUT2D eigenvalue weighted by atomic mass is 9.71. The quantitative estimate of drug-likeness (QED) is 0.548. The molecule has 1 fully saturated rings. The molecule has 4 amide bonds. The second-order valence-electron chi connectivity index (χ2n) is 11.4. The van der Waals surface area contributed by atoms with Gasteiger partial charge in [-0.25, -0.2) is 0 Å². The zero-order chi connectivity index (χ0) is 25.2. The van der Waals surface area contributed by atoms with E-state index in [9.17, 15) is 19.2 Å². The second kappa shape index (κ2) is 8.14. The summed E-state index contributed by atoms with van der Waals surface area (Å²) in [6, 6.07) is 10.2. The highest BCUT2D eigenvalue weighted by molar-refractivity contribution is 6.23. The molecule has 5 rings (SSSR count). The molecule has 2 heterocycles. The van der Waals surface area contributed by atoms with E-state index in [1.165, 1.54) is 9.80 Å². The maximum Gasteiger partial charge on any atom is 0.261 e. The third-order valence-corrected chi connectivity index (χ3v) is 7.97. The molecule has 0 saturated heterocycles. The molecular weight excluding hydrogens is 440 g/mol. The molecule has 35 heavy (non-hydrogen) atoms. The third kappa shape index (κ3) is 3.70. The van der Waals surface area contributed by atoms with Crippen LogP contribution in [0, 0.1) is 11.3 Å². The van der Waals surface area contributed by atoms with Crippen molar-refractivity contribution >= 4 is 23.6 Å². The van der Waals surface area contributed by atoms with Crippen LogP contribution in [0.4, 0.5) is 0 Å². The maximum atomic E-state index is 13.4. The monoisotopic (exact) mass is 472 g/mol. The Balaban J connectivity index is 1.41. The Kier molecular flexibility index (Phi) is 5.46. The van der Waals surface area contributed by atoms with Crippen LogP contribution in [0.5, 0.6) is 0 Å². The molecule has 2 aromatic carbocycles. The van der Waals surface area contributed by atoms with Crippen LogP contribution in [0.3, 0.4) is 0 Å². The van der Waals surface area contributed by atoms with Gasteiger partial charge in [-0.05, 0) is 86.3 Å². The molecule has 0 spiro atoms. The van der Waals surface area contributed by atoms with E-state index in [2.05, 4.69) is 20.8 Å². The summed E-state index contributed by atoms with van der Waals surface area (Å²) < 4.78 is 0. The summed E-state index contributed by atoms with van der Waals surface area (Å²) in [4.78, 5) is 54.7. The first kappa shape index (κ1) is 23.5. The molecule has 0 atom stereocenters. The van der Waals surface area contributed by atoms with Crippen molar-refractivity contribution in [2.24, 2.45) is 11.3 Å². The predicted molar refractivity (Wildman–Crippen MR) is 133 cm³/mol. The van der Waals surface area contributed by atoms with E-state index >= 15 is 0 Å². The molecular formula is C29H32N2O4. The average Bonchev–Trinajstić information content (AvgIpc) is 3.22. The Hall–Kier alpha value is -3.28. The van der Waals surface area contributed by atoms with Gasteiger partial charge in [-0.3, -0.25) is 29.0 Å². The molecule has 0 aromatic heterocycles. The van der Waals surface area contributed by atoms with Crippen LogP contribution < -0.4 is 0 Å². The van der Waals surface area contributed by atoms with Crippen molar-refractivity contribution in [2.75, 3.05) is 0 Å². The first-order chi connectivity index (χ1) is 16.5. The van der Waals surface area contributed by atoms with Crippen LogP contribution in [0.2, 0.25) is 0 Å². The van der Waals surface area contributed by atoms with E-state index in [0.29, 0.717) is 28.2 Å². The van der Waals surface area contributed by atoms with Crippen molar-refractivity contribution in [1.82, 2.24) is 9.80 Å². The first-order valence-corrected chi connectivity index (χ1v) is 12.5. The van der Waals surface area contributed by atoms with Crippen LogP contribution in [-0.4, -0.2) is 45.5 Å². The van der Waals surface area contributed by atoms with E-state index in [1.54, 1.807) is 30.3 Å². The summed E-state index contributed by atoms with van der Waals surface area (Å²) in [7, 11) is 0. The number of amides is 4. The minimum Gasteiger partial charge on any atom is -0.272 e. The molecule has 6 heteroatoms. The average molecular weight is 473 g/mol. The number of nitrogens with zero attached hydrogens (tertiary/aromatic N) is 2. The molecule has 1 saturated carbocycles. The number of hydrogen-bond acceptors (Lipinski definition) is 4. The normalized spacial score (nSPS) is 22.3. The third-order valence-electron chi connectivity index (χ3n) is 7.97. The van der Waals surface area contributed by atoms with Crippen molar-refractivity contribution < 1.29 is 19.2 Å². The Morgan fingerprint density at radius 2 is 1.14 bits per heavy atom. The van der Waals surface area contributed by atoms with E-state index < -0.39 is 0 Å². The summed E-state index contributed by atoms with van der Waals surface area (Å²) in [5.74, 6) is -0.423. The largest absolute Gasteiger partial charge is 0.272 e. The van der Waals surface area contributed by atoms with Gasteiger partial charge in [0.2, 0.25) is 0 Å². The SMILES string of the molecule is CC(C)N1C(=O)c2ccc(-c3ccc4c(c3)C(=O)N(C3CCC(C(C)(C)C)CC3)C4=O)cc2C1=O. The number of fused-ring (bicyclic) bond motifs is 2. The Labute approximate surface area is 206 Å². The van der Waals surface area contributed by atoms with Crippen molar-refractivity contribution in [2.45, 2.75) is 72.4 Å². The number of benzene rings is 2. The van der Waals surface area contributed by atoms with Gasteiger partial charge in [-0.15, -0.1) is 0 Å². The fourth-order valence-corrected chi connectivity index (χ4v) is 5.88. The molecule has 0 bridgehead atoms. The number of hydrogen-bond donors (Lipinski definition) is 0. The van der Waals surface area contributed by atoms with Gasteiger partial charge in [0.1, 0.15) is 0 Å². The zero-order valence-corrected chi connectivity index (χ0v) is 21.1. The van der Waals surface area contributed by atoms with Crippen molar-refractivity contribution in [3.63, 3.8) is 0 Å². The molecule has 1 aliphatic carbocycles. The molecule has 2 aromatic rings. The number of carbonyl (C=O) groups excluding carboxylic acids is 4. The summed E-state index contributed by atoms with van der Waals surface area (Å²) >= 11 is 0. The Morgan fingerprint density at radius 3 is 1.66 bits per heavy atom. The topological polar surface area (TPSA) is 74.8 Å². The van der Waals surface area contributed by atoms with Gasteiger partial charge in [0, 0.05) is 12.1 Å². The summed E-state index contributed by atoms with van der Waals surface area (Å²) in [6.07, 6.45) is 3.71. The fraction of sp³-hybridized carbons (Fsp3) is 0.448. The standard InChI is InChI=1S/C29H32N2O4/c1-16(2)30-25(32)21-12-6-17(14-23(21)27(30)34)18-7-13-22-24(15-18)28(35)31(26(22)33)20-10-8-19(9-11-20)29(3,4)5/h6-7,12-16,19-20H,8-11H2,1-5H3. The zero-order valence-electron chi connectivity index (χ0n) is 21.1. The van der Waals surface area contributed by atoms with Gasteiger partial charge in [0.25, 0.3) is 23.6 Å². The lowest BCUT2D eigenvalue weighted by molar-refractivity contribution is 0.0488. The highest BCUT2D eigenvalue weighted by Gasteiger charge is 2.42. The highest BCUT2D eigenvalue weighted by atomic mass is 16.2. The van der Waals surface area contributed by atoms with Gasteiger partial charge < -0.3 is 0 Å². The van der Waals surface area contributed by atoms with Gasteiger partial charge in [0.05, 0.1) is 22.3 Å². The maximum absolute atomic E-state index is 13.4. The summed E-state index contributed by atoms with van der Waals surface area (Å²) in [5, 5.41) is 0. The molecule has 2 aliphatic heterocycles. The minimum absolute atomic E-state index is 0.0601. The van der Waals surface area contributed by atoms with E-state index in [0.717, 1.165) is 36.8 Å². The Morgan fingerprint density at radius 1 is 0.686 bits per heavy atom. The van der Waals surface area contributed by atoms with Crippen LogP contribution >= 0.6 is 0 Å². The van der Waals surface area contributed by atoms with Crippen molar-refractivity contribution in [3.05, 3.63) is 58.7 Å². The van der Waals surface area contributed by atoms with Gasteiger partial charge in [-0.2, -0.15) is 0 Å². The summed E-state index contributed by atoms with van der Waals surface area (Å²) in [6.45, 7) is 10.4. The van der Waals surface area contributed by atoms with E-state index in [4.69, 9.17) is 0 Å². The van der Waals surface area contributed by atoms with Crippen LogP contribution in [-0.2, 0) is 0 Å². The van der Waals surface area contributed by atoms with Crippen molar-refractivity contribution in [3.8, 4) is 11.1 Å². The first-order valence-electron chi connectivity index (χ1n) is 12.5. The summed E-state index contributed by atoms with van der Waals surface area (Å²) in [5.41, 5.74) is 3.35. The molecule has 182 valence electrons. The lowest BCUT2D eigenvalue weighted by Gasteiger charge is -2.39. The van der Waals surface area contributed by atoms with Crippen LogP contribution in [0.25, 0.3) is 11.1 Å². The Bertz CT molecular complexity index is 1260. The highest BCUT2D eigenvalue weighted by Crippen LogP contribution is 2.41. The van der Waals surface area contributed by atoms with E-state index in [1.807, 2.05) is 19.9 Å². The van der Waals surface area contributed by atoms with Gasteiger partial charge in [0.15, 0.2) is 0 Å².